The van der Waals surface area contributed by atoms with Crippen LogP contribution in [0.15, 0.2) is 46.0 Å². The van der Waals surface area contributed by atoms with Crippen LogP contribution < -0.4 is 36.6 Å². The number of hydrogen-bond donors (Lipinski definition) is 3. The Morgan fingerprint density at radius 3 is 2.12 bits per heavy atom. The summed E-state index contributed by atoms with van der Waals surface area (Å²) in [6, 6.07) is 11.4. The Labute approximate surface area is 192 Å². The van der Waals surface area contributed by atoms with Crippen molar-refractivity contribution in [1.29, 1.82) is 0 Å². The topological polar surface area (TPSA) is 102 Å². The molecule has 3 heterocycles. The smallest absolute Gasteiger partial charge is 0.253 e. The van der Waals surface area contributed by atoms with Crippen LogP contribution in [-0.4, -0.2) is 49.2 Å². The molecule has 2 saturated heterocycles. The summed E-state index contributed by atoms with van der Waals surface area (Å²) in [6.07, 6.45) is 4.73. The number of anilines is 6. The molecule has 0 aliphatic carbocycles. The highest BCUT2D eigenvalue weighted by atomic mass is 16.2. The van der Waals surface area contributed by atoms with Gasteiger partial charge in [-0.15, -0.1) is 0 Å². The molecule has 2 aliphatic rings. The third kappa shape index (κ3) is 4.62. The van der Waals surface area contributed by atoms with E-state index < -0.39 is 10.9 Å². The fourth-order valence-electron chi connectivity index (χ4n) is 4.40. The van der Waals surface area contributed by atoms with E-state index in [1.165, 1.54) is 25.7 Å². The number of benzene rings is 1. The van der Waals surface area contributed by atoms with Gasteiger partial charge in [0.25, 0.3) is 10.9 Å². The highest BCUT2D eigenvalue weighted by molar-refractivity contribution is 5.78. The van der Waals surface area contributed by atoms with Crippen molar-refractivity contribution in [3.05, 3.63) is 56.8 Å². The van der Waals surface area contributed by atoms with E-state index in [0.29, 0.717) is 24.5 Å². The third-order valence-corrected chi connectivity index (χ3v) is 6.21. The molecule has 0 saturated carbocycles. The minimum atomic E-state index is -0.490. The molecule has 33 heavy (non-hydrogen) atoms. The molecule has 9 nitrogen and oxygen atoms in total. The molecule has 0 amide bonds. The zero-order chi connectivity index (χ0) is 22.6. The first-order chi connectivity index (χ1) is 16.2. The van der Waals surface area contributed by atoms with Crippen LogP contribution >= 0.6 is 0 Å². The molecule has 2 fully saturated rings. The number of hydrogen-bond acceptors (Lipinski definition) is 9. The predicted molar refractivity (Wildman–Crippen MR) is 133 cm³/mol. The molecule has 0 bridgehead atoms. The maximum atomic E-state index is 12.0. The lowest BCUT2D eigenvalue weighted by molar-refractivity contribution is 0.870. The Kier molecular flexibility index (Phi) is 6.10. The lowest BCUT2D eigenvalue weighted by Crippen LogP contribution is -2.37. The quantitative estimate of drug-likeness (QED) is 0.337. The van der Waals surface area contributed by atoms with Gasteiger partial charge in [-0.3, -0.25) is 9.59 Å². The van der Waals surface area contributed by atoms with Gasteiger partial charge in [-0.25, -0.2) is 0 Å². The second-order valence-electron chi connectivity index (χ2n) is 8.55. The maximum absolute atomic E-state index is 12.0. The fraction of sp³-hybridized carbons (Fsp3) is 0.417. The van der Waals surface area contributed by atoms with Crippen molar-refractivity contribution in [3.8, 4) is 0 Å². The van der Waals surface area contributed by atoms with Crippen LogP contribution in [0.5, 0.6) is 0 Å². The summed E-state index contributed by atoms with van der Waals surface area (Å²) >= 11 is 0. The van der Waals surface area contributed by atoms with E-state index in [1.54, 1.807) is 0 Å². The molecule has 0 unspecified atom stereocenters. The van der Waals surface area contributed by atoms with Gasteiger partial charge in [-0.05, 0) is 37.8 Å². The zero-order valence-electron chi connectivity index (χ0n) is 18.6. The SMILES string of the molecule is O=c1c(NCCNc2cc(N3CCCC3)nc(N3CCCC3)n2)c(Nc2ccccc2)c1=O. The van der Waals surface area contributed by atoms with Crippen LogP contribution in [0, 0.1) is 0 Å². The fourth-order valence-corrected chi connectivity index (χ4v) is 4.40. The van der Waals surface area contributed by atoms with Crippen LogP contribution in [-0.2, 0) is 0 Å². The minimum absolute atomic E-state index is 0.320. The Balaban J connectivity index is 1.23. The molecule has 0 spiro atoms. The minimum Gasteiger partial charge on any atom is -0.378 e. The number of para-hydroxylation sites is 1. The van der Waals surface area contributed by atoms with Gasteiger partial charge in [0.05, 0.1) is 0 Å². The Morgan fingerprint density at radius 2 is 1.39 bits per heavy atom. The first-order valence-electron chi connectivity index (χ1n) is 11.7. The predicted octanol–water partition coefficient (Wildman–Crippen LogP) is 2.54. The van der Waals surface area contributed by atoms with Gasteiger partial charge < -0.3 is 25.8 Å². The van der Waals surface area contributed by atoms with Crippen LogP contribution in [0.2, 0.25) is 0 Å². The molecule has 0 atom stereocenters. The van der Waals surface area contributed by atoms with Crippen LogP contribution in [0.1, 0.15) is 25.7 Å². The van der Waals surface area contributed by atoms with E-state index in [9.17, 15) is 9.59 Å². The molecule has 9 heteroatoms. The van der Waals surface area contributed by atoms with Crippen molar-refractivity contribution in [2.45, 2.75) is 25.7 Å². The van der Waals surface area contributed by atoms with Crippen molar-refractivity contribution in [2.75, 3.05) is 65.0 Å². The van der Waals surface area contributed by atoms with Crippen molar-refractivity contribution in [2.24, 2.45) is 0 Å². The summed E-state index contributed by atoms with van der Waals surface area (Å²) in [5, 5.41) is 9.50. The lowest BCUT2D eigenvalue weighted by Gasteiger charge is -2.22. The van der Waals surface area contributed by atoms with Gasteiger partial charge in [0.1, 0.15) is 23.0 Å². The van der Waals surface area contributed by atoms with Gasteiger partial charge >= 0.3 is 0 Å². The van der Waals surface area contributed by atoms with Crippen LogP contribution in [0.25, 0.3) is 0 Å². The number of rotatable bonds is 9. The lowest BCUT2D eigenvalue weighted by atomic mass is 10.1. The average Bonchev–Trinajstić information content (AvgIpc) is 3.58. The first-order valence-corrected chi connectivity index (χ1v) is 11.7. The summed E-state index contributed by atoms with van der Waals surface area (Å²) in [4.78, 5) is 38.2. The van der Waals surface area contributed by atoms with E-state index in [-0.39, 0.29) is 0 Å². The third-order valence-electron chi connectivity index (χ3n) is 6.21. The maximum Gasteiger partial charge on any atom is 0.253 e. The standard InChI is InChI=1S/C24H29N7O2/c32-22-20(21(23(22)33)27-17-8-2-1-3-9-17)26-11-10-25-18-16-19(30-12-4-5-13-30)29-24(28-18)31-14-6-7-15-31/h1-3,8-9,16,26-27H,4-7,10-15H2,(H,25,28,29). The number of nitrogens with zero attached hydrogens (tertiary/aromatic N) is 4. The molecule has 172 valence electrons. The molecule has 5 rings (SSSR count). The molecular weight excluding hydrogens is 418 g/mol. The van der Waals surface area contributed by atoms with Crippen LogP contribution in [0.3, 0.4) is 0 Å². The van der Waals surface area contributed by atoms with E-state index in [1.807, 2.05) is 36.4 Å². The molecule has 3 aromatic rings. The van der Waals surface area contributed by atoms with E-state index in [0.717, 1.165) is 49.5 Å². The number of aromatic nitrogens is 2. The van der Waals surface area contributed by atoms with Crippen molar-refractivity contribution in [3.63, 3.8) is 0 Å². The molecule has 1 aromatic heterocycles. The summed E-state index contributed by atoms with van der Waals surface area (Å²) in [5.74, 6) is 2.53. The van der Waals surface area contributed by atoms with Gasteiger partial charge in [0.15, 0.2) is 0 Å². The first kappa shape index (κ1) is 21.2. The normalized spacial score (nSPS) is 15.9. The number of nitrogens with one attached hydrogen (secondary N) is 3. The monoisotopic (exact) mass is 447 g/mol. The zero-order valence-corrected chi connectivity index (χ0v) is 18.6. The highest BCUT2D eigenvalue weighted by Crippen LogP contribution is 2.25. The van der Waals surface area contributed by atoms with Gasteiger partial charge in [0, 0.05) is 51.0 Å². The van der Waals surface area contributed by atoms with E-state index in [2.05, 4.69) is 25.8 Å². The summed E-state index contributed by atoms with van der Waals surface area (Å²) in [7, 11) is 0. The van der Waals surface area contributed by atoms with Crippen molar-refractivity contribution < 1.29 is 0 Å². The second kappa shape index (κ2) is 9.48. The Morgan fingerprint density at radius 1 is 0.758 bits per heavy atom. The van der Waals surface area contributed by atoms with Gasteiger partial charge in [-0.2, -0.15) is 9.97 Å². The summed E-state index contributed by atoms with van der Waals surface area (Å²) < 4.78 is 0. The Bertz CT molecular complexity index is 1130. The second-order valence-corrected chi connectivity index (χ2v) is 8.55. The van der Waals surface area contributed by atoms with E-state index in [4.69, 9.17) is 9.97 Å². The molecule has 2 aliphatic heterocycles. The van der Waals surface area contributed by atoms with Gasteiger partial charge in [0.2, 0.25) is 5.95 Å². The van der Waals surface area contributed by atoms with E-state index >= 15 is 0 Å². The van der Waals surface area contributed by atoms with Crippen molar-refractivity contribution >= 4 is 34.6 Å². The summed E-state index contributed by atoms with van der Waals surface area (Å²) in [6.45, 7) is 5.08. The van der Waals surface area contributed by atoms with Crippen molar-refractivity contribution in [1.82, 2.24) is 9.97 Å². The largest absolute Gasteiger partial charge is 0.378 e. The molecule has 2 aromatic carbocycles. The van der Waals surface area contributed by atoms with Gasteiger partial charge in [-0.1, -0.05) is 18.2 Å². The molecule has 0 radical (unpaired) electrons. The van der Waals surface area contributed by atoms with Crippen LogP contribution in [0.4, 0.5) is 34.6 Å². The summed E-state index contributed by atoms with van der Waals surface area (Å²) in [5.41, 5.74) is 0.458. The molecular formula is C24H29N7O2. The Hall–Kier alpha value is -3.62. The molecule has 3 N–H and O–H groups in total. The highest BCUT2D eigenvalue weighted by Gasteiger charge is 2.22. The average molecular weight is 448 g/mol.